The third-order valence-corrected chi connectivity index (χ3v) is 2.82. The van der Waals surface area contributed by atoms with Crippen molar-refractivity contribution in [2.24, 2.45) is 0 Å². The predicted octanol–water partition coefficient (Wildman–Crippen LogP) is 3.81. The molecule has 5 heteroatoms. The first kappa shape index (κ1) is 12.6. The molecular weight excluding hydrogens is 258 g/mol. The Bertz CT molecular complexity index is 553. The van der Waals surface area contributed by atoms with E-state index in [9.17, 15) is 8.78 Å². The molecule has 0 aliphatic rings. The van der Waals surface area contributed by atoms with Crippen LogP contribution in [0.1, 0.15) is 5.56 Å². The van der Waals surface area contributed by atoms with Gasteiger partial charge in [0.05, 0.1) is 16.4 Å². The van der Waals surface area contributed by atoms with Gasteiger partial charge in [0.15, 0.2) is 0 Å². The molecular formula is C13H11ClF2N2. The second-order valence-corrected chi connectivity index (χ2v) is 4.20. The molecule has 0 aliphatic carbocycles. The third-order valence-electron chi connectivity index (χ3n) is 2.51. The van der Waals surface area contributed by atoms with Gasteiger partial charge in [0.25, 0.3) is 0 Å². The average Bonchev–Trinajstić information content (AvgIpc) is 2.33. The van der Waals surface area contributed by atoms with Crippen molar-refractivity contribution in [3.63, 3.8) is 0 Å². The Morgan fingerprint density at radius 1 is 1.17 bits per heavy atom. The summed E-state index contributed by atoms with van der Waals surface area (Å²) in [6, 6.07) is 8.35. The Morgan fingerprint density at radius 3 is 2.67 bits per heavy atom. The minimum absolute atomic E-state index is 0.109. The van der Waals surface area contributed by atoms with Crippen molar-refractivity contribution in [3.05, 3.63) is 58.6 Å². The van der Waals surface area contributed by atoms with Crippen molar-refractivity contribution in [2.75, 3.05) is 11.1 Å². The number of anilines is 2. The maximum Gasteiger partial charge on any atom is 0.128 e. The Kier molecular flexibility index (Phi) is 3.67. The second kappa shape index (κ2) is 5.23. The Labute approximate surface area is 108 Å². The van der Waals surface area contributed by atoms with Crippen molar-refractivity contribution in [2.45, 2.75) is 6.54 Å². The van der Waals surface area contributed by atoms with Crippen LogP contribution in [-0.2, 0) is 6.54 Å². The summed E-state index contributed by atoms with van der Waals surface area (Å²) in [5.74, 6) is -0.963. The fraction of sp³-hybridized carbons (Fsp3) is 0.0769. The van der Waals surface area contributed by atoms with Crippen LogP contribution in [0.3, 0.4) is 0 Å². The van der Waals surface area contributed by atoms with E-state index in [1.165, 1.54) is 0 Å². The smallest absolute Gasteiger partial charge is 0.128 e. The van der Waals surface area contributed by atoms with Crippen molar-refractivity contribution in [1.29, 1.82) is 0 Å². The molecule has 2 rings (SSSR count). The molecule has 2 aromatic rings. The van der Waals surface area contributed by atoms with Crippen molar-refractivity contribution in [1.82, 2.24) is 0 Å². The molecule has 0 fully saturated rings. The summed E-state index contributed by atoms with van der Waals surface area (Å²) in [4.78, 5) is 0. The number of nitrogen functional groups attached to an aromatic ring is 1. The van der Waals surface area contributed by atoms with Crippen LogP contribution in [0, 0.1) is 11.6 Å². The quantitative estimate of drug-likeness (QED) is 0.831. The van der Waals surface area contributed by atoms with Crippen LogP contribution < -0.4 is 11.1 Å². The van der Waals surface area contributed by atoms with E-state index in [2.05, 4.69) is 5.32 Å². The lowest BCUT2D eigenvalue weighted by Gasteiger charge is -2.11. The largest absolute Gasteiger partial charge is 0.397 e. The molecule has 0 unspecified atom stereocenters. The lowest BCUT2D eigenvalue weighted by Crippen LogP contribution is -2.05. The monoisotopic (exact) mass is 268 g/mol. The highest BCUT2D eigenvalue weighted by Crippen LogP contribution is 2.28. The Hall–Kier alpha value is -1.81. The van der Waals surface area contributed by atoms with Gasteiger partial charge in [-0.15, -0.1) is 0 Å². The van der Waals surface area contributed by atoms with Crippen molar-refractivity contribution >= 4 is 23.0 Å². The van der Waals surface area contributed by atoms with E-state index in [1.54, 1.807) is 18.2 Å². The molecule has 2 nitrogen and oxygen atoms in total. The molecule has 94 valence electrons. The summed E-state index contributed by atoms with van der Waals surface area (Å²) >= 11 is 5.96. The van der Waals surface area contributed by atoms with E-state index < -0.39 is 11.6 Å². The van der Waals surface area contributed by atoms with Gasteiger partial charge in [-0.1, -0.05) is 17.7 Å². The van der Waals surface area contributed by atoms with Crippen LogP contribution in [0.4, 0.5) is 20.2 Å². The number of halogens is 3. The second-order valence-electron chi connectivity index (χ2n) is 3.79. The van der Waals surface area contributed by atoms with Crippen LogP contribution >= 0.6 is 11.6 Å². The van der Waals surface area contributed by atoms with Crippen LogP contribution in [0.25, 0.3) is 0 Å². The highest BCUT2D eigenvalue weighted by molar-refractivity contribution is 6.33. The molecule has 0 bridgehead atoms. The van der Waals surface area contributed by atoms with Crippen LogP contribution in [0.15, 0.2) is 36.4 Å². The van der Waals surface area contributed by atoms with Gasteiger partial charge in [-0.2, -0.15) is 0 Å². The Balaban J connectivity index is 2.19. The Morgan fingerprint density at radius 2 is 1.94 bits per heavy atom. The summed E-state index contributed by atoms with van der Waals surface area (Å²) in [5, 5.41) is 3.34. The van der Waals surface area contributed by atoms with Gasteiger partial charge >= 0.3 is 0 Å². The zero-order valence-corrected chi connectivity index (χ0v) is 10.1. The lowest BCUT2D eigenvalue weighted by atomic mass is 10.2. The molecule has 0 amide bonds. The number of para-hydroxylation sites is 1. The molecule has 0 saturated heterocycles. The number of nitrogens with two attached hydrogens (primary N) is 1. The summed E-state index contributed by atoms with van der Waals surface area (Å²) in [6.07, 6.45) is 0. The first-order valence-electron chi connectivity index (χ1n) is 5.29. The molecule has 3 N–H and O–H groups in total. The SMILES string of the molecule is Nc1cccc(Cl)c1NCc1cc(F)ccc1F. The predicted molar refractivity (Wildman–Crippen MR) is 69.5 cm³/mol. The van der Waals surface area contributed by atoms with E-state index in [0.717, 1.165) is 18.2 Å². The van der Waals surface area contributed by atoms with Crippen molar-refractivity contribution in [3.8, 4) is 0 Å². The van der Waals surface area contributed by atoms with Gasteiger partial charge in [0.2, 0.25) is 0 Å². The number of hydrogen-bond acceptors (Lipinski definition) is 2. The zero-order valence-electron chi connectivity index (χ0n) is 9.38. The molecule has 0 aromatic heterocycles. The first-order valence-corrected chi connectivity index (χ1v) is 5.67. The number of nitrogens with one attached hydrogen (secondary N) is 1. The van der Waals surface area contributed by atoms with Gasteiger partial charge in [-0.25, -0.2) is 8.78 Å². The van der Waals surface area contributed by atoms with Gasteiger partial charge in [0, 0.05) is 12.1 Å². The number of hydrogen-bond donors (Lipinski definition) is 2. The molecule has 0 aliphatic heterocycles. The molecule has 0 radical (unpaired) electrons. The minimum Gasteiger partial charge on any atom is -0.397 e. The maximum atomic E-state index is 13.4. The van der Waals surface area contributed by atoms with Crippen molar-refractivity contribution < 1.29 is 8.78 Å². The van der Waals surface area contributed by atoms with Gasteiger partial charge in [-0.3, -0.25) is 0 Å². The van der Waals surface area contributed by atoms with Crippen LogP contribution in [0.2, 0.25) is 5.02 Å². The maximum absolute atomic E-state index is 13.4. The minimum atomic E-state index is -0.486. The summed E-state index contributed by atoms with van der Waals surface area (Å²) in [7, 11) is 0. The standard InChI is InChI=1S/C13H11ClF2N2/c14-10-2-1-3-12(17)13(10)18-7-8-6-9(15)4-5-11(8)16/h1-6,18H,7,17H2. The third kappa shape index (κ3) is 2.71. The zero-order chi connectivity index (χ0) is 13.1. The van der Waals surface area contributed by atoms with Crippen LogP contribution in [0.5, 0.6) is 0 Å². The average molecular weight is 269 g/mol. The van der Waals surface area contributed by atoms with Gasteiger partial charge in [-0.05, 0) is 30.3 Å². The summed E-state index contributed by atoms with van der Waals surface area (Å²) in [5.41, 5.74) is 6.93. The topological polar surface area (TPSA) is 38.0 Å². The van der Waals surface area contributed by atoms with Crippen LogP contribution in [-0.4, -0.2) is 0 Å². The highest BCUT2D eigenvalue weighted by atomic mass is 35.5. The lowest BCUT2D eigenvalue weighted by molar-refractivity contribution is 0.587. The van der Waals surface area contributed by atoms with Gasteiger partial charge < -0.3 is 11.1 Å². The summed E-state index contributed by atoms with van der Waals surface area (Å²) in [6.45, 7) is 0.109. The van der Waals surface area contributed by atoms with E-state index in [0.29, 0.717) is 16.4 Å². The van der Waals surface area contributed by atoms with Gasteiger partial charge in [0.1, 0.15) is 11.6 Å². The molecule has 0 spiro atoms. The van der Waals surface area contributed by atoms with E-state index >= 15 is 0 Å². The number of benzene rings is 2. The molecule has 0 saturated carbocycles. The first-order chi connectivity index (χ1) is 8.58. The van der Waals surface area contributed by atoms with E-state index in [4.69, 9.17) is 17.3 Å². The summed E-state index contributed by atoms with van der Waals surface area (Å²) < 4.78 is 26.4. The number of rotatable bonds is 3. The fourth-order valence-electron chi connectivity index (χ4n) is 1.59. The molecule has 0 atom stereocenters. The normalized spacial score (nSPS) is 10.4. The highest BCUT2D eigenvalue weighted by Gasteiger charge is 2.07. The molecule has 2 aromatic carbocycles. The fourth-order valence-corrected chi connectivity index (χ4v) is 1.84. The van der Waals surface area contributed by atoms with E-state index in [1.807, 2.05) is 0 Å². The van der Waals surface area contributed by atoms with E-state index in [-0.39, 0.29) is 12.1 Å². The molecule has 0 heterocycles. The molecule has 18 heavy (non-hydrogen) atoms.